The Bertz CT molecular complexity index is 678. The Balaban J connectivity index is 0.000000637. The van der Waals surface area contributed by atoms with Gasteiger partial charge in [0.05, 0.1) is 16.5 Å². The molecule has 3 rings (SSSR count). The summed E-state index contributed by atoms with van der Waals surface area (Å²) in [5.41, 5.74) is 2.02. The molecule has 0 bridgehead atoms. The summed E-state index contributed by atoms with van der Waals surface area (Å²) in [4.78, 5) is 26.5. The molecule has 2 aromatic rings. The second-order valence-electron chi connectivity index (χ2n) is 5.10. The number of carbonyl (C=O) groups excluding carboxylic acids is 1. The summed E-state index contributed by atoms with van der Waals surface area (Å²) in [7, 11) is 1.00. The highest BCUT2D eigenvalue weighted by atomic mass is 16.2. The second-order valence-corrected chi connectivity index (χ2v) is 5.10. The molecule has 0 aliphatic heterocycles. The van der Waals surface area contributed by atoms with Crippen LogP contribution in [0.15, 0.2) is 17.2 Å². The molecule has 2 aromatic heterocycles. The van der Waals surface area contributed by atoms with Crippen LogP contribution >= 0.6 is 0 Å². The molecule has 0 unspecified atom stereocenters. The van der Waals surface area contributed by atoms with Crippen LogP contribution in [0.3, 0.4) is 0 Å². The van der Waals surface area contributed by atoms with Crippen LogP contribution in [-0.4, -0.2) is 28.1 Å². The van der Waals surface area contributed by atoms with Gasteiger partial charge in [-0.2, -0.15) is 0 Å². The van der Waals surface area contributed by atoms with Gasteiger partial charge in [-0.25, -0.2) is 0 Å². The molecule has 0 saturated heterocycles. The average molecular weight is 262 g/mol. The zero-order chi connectivity index (χ0) is 14.2. The topological polar surface area (TPSA) is 75.1 Å². The van der Waals surface area contributed by atoms with E-state index in [1.807, 2.05) is 6.92 Å². The van der Waals surface area contributed by atoms with E-state index < -0.39 is 0 Å². The van der Waals surface area contributed by atoms with Gasteiger partial charge in [-0.05, 0) is 32.3 Å². The number of aliphatic hydroxyl groups is 1. The first-order valence-electron chi connectivity index (χ1n) is 6.20. The van der Waals surface area contributed by atoms with Crippen molar-refractivity contribution >= 4 is 17.2 Å². The lowest BCUT2D eigenvalue weighted by atomic mass is 10.1. The summed E-state index contributed by atoms with van der Waals surface area (Å²) in [5.74, 6) is 0. The Kier molecular flexibility index (Phi) is 3.32. The molecule has 5 heteroatoms. The Morgan fingerprint density at radius 1 is 1.42 bits per heavy atom. The van der Waals surface area contributed by atoms with Crippen molar-refractivity contribution in [2.75, 3.05) is 7.11 Å². The first-order valence-corrected chi connectivity index (χ1v) is 6.20. The van der Waals surface area contributed by atoms with Crippen molar-refractivity contribution in [1.29, 1.82) is 0 Å². The third-order valence-electron chi connectivity index (χ3n) is 3.75. The summed E-state index contributed by atoms with van der Waals surface area (Å²) in [6.45, 7) is 3.94. The molecule has 0 atom stereocenters. The molecule has 1 aliphatic carbocycles. The monoisotopic (exact) mass is 262 g/mol. The van der Waals surface area contributed by atoms with Crippen LogP contribution in [0.25, 0.3) is 10.9 Å². The summed E-state index contributed by atoms with van der Waals surface area (Å²) in [6, 6.07) is 0. The van der Waals surface area contributed by atoms with E-state index in [1.54, 1.807) is 17.0 Å². The minimum atomic E-state index is -0.0905. The quantitative estimate of drug-likeness (QED) is 0.807. The molecule has 2 heterocycles. The van der Waals surface area contributed by atoms with Crippen molar-refractivity contribution in [2.24, 2.45) is 0 Å². The number of carbonyl (C=O) groups is 1. The maximum Gasteiger partial charge on any atom is 0.260 e. The molecule has 19 heavy (non-hydrogen) atoms. The SMILES string of the molecule is CO.Cc1c[nH]c2c(C=O)cn(C3(C)CC3)c(=O)c12. The summed E-state index contributed by atoms with van der Waals surface area (Å²) >= 11 is 0. The van der Waals surface area contributed by atoms with Gasteiger partial charge in [0.25, 0.3) is 5.56 Å². The minimum Gasteiger partial charge on any atom is -0.400 e. The minimum absolute atomic E-state index is 0.00403. The Morgan fingerprint density at radius 3 is 2.58 bits per heavy atom. The number of fused-ring (bicyclic) bond motifs is 1. The lowest BCUT2D eigenvalue weighted by molar-refractivity contribution is 0.112. The van der Waals surface area contributed by atoms with Crippen LogP contribution in [0.4, 0.5) is 0 Å². The smallest absolute Gasteiger partial charge is 0.260 e. The number of aryl methyl sites for hydroxylation is 1. The van der Waals surface area contributed by atoms with Crippen molar-refractivity contribution in [3.05, 3.63) is 33.9 Å². The highest BCUT2D eigenvalue weighted by Crippen LogP contribution is 2.42. The third kappa shape index (κ3) is 2.00. The highest BCUT2D eigenvalue weighted by molar-refractivity contribution is 5.96. The lowest BCUT2D eigenvalue weighted by Gasteiger charge is -2.14. The number of pyridine rings is 1. The van der Waals surface area contributed by atoms with E-state index in [0.29, 0.717) is 16.5 Å². The number of hydrogen-bond donors (Lipinski definition) is 2. The van der Waals surface area contributed by atoms with Crippen molar-refractivity contribution in [1.82, 2.24) is 9.55 Å². The predicted molar refractivity (Wildman–Crippen MR) is 73.7 cm³/mol. The van der Waals surface area contributed by atoms with Crippen LogP contribution in [-0.2, 0) is 5.54 Å². The maximum atomic E-state index is 12.4. The average Bonchev–Trinajstić information content (AvgIpc) is 3.04. The standard InChI is InChI=1S/C13H14N2O2.CH4O/c1-8-5-14-11-9(7-16)6-15(12(17)10(8)11)13(2)3-4-13;1-2/h5-7,14H,3-4H2,1-2H3;2H,1H3. The largest absolute Gasteiger partial charge is 0.400 e. The van der Waals surface area contributed by atoms with Crippen molar-refractivity contribution in [2.45, 2.75) is 32.2 Å². The van der Waals surface area contributed by atoms with E-state index in [9.17, 15) is 9.59 Å². The van der Waals surface area contributed by atoms with Gasteiger partial charge in [0.15, 0.2) is 6.29 Å². The summed E-state index contributed by atoms with van der Waals surface area (Å²) in [5, 5.41) is 7.64. The van der Waals surface area contributed by atoms with Gasteiger partial charge in [-0.1, -0.05) is 0 Å². The van der Waals surface area contributed by atoms with Gasteiger partial charge in [0, 0.05) is 25.0 Å². The molecule has 0 spiro atoms. The molecular formula is C14H18N2O3. The normalized spacial score (nSPS) is 15.8. The van der Waals surface area contributed by atoms with E-state index in [0.717, 1.165) is 31.8 Å². The molecule has 102 valence electrons. The van der Waals surface area contributed by atoms with Gasteiger partial charge < -0.3 is 14.7 Å². The molecule has 1 aliphatic rings. The number of aromatic amines is 1. The summed E-state index contributed by atoms with van der Waals surface area (Å²) < 4.78 is 1.72. The van der Waals surface area contributed by atoms with Crippen LogP contribution in [0.5, 0.6) is 0 Å². The fourth-order valence-electron chi connectivity index (χ4n) is 2.32. The Hall–Kier alpha value is -1.88. The number of aliphatic hydroxyl groups excluding tert-OH is 1. The van der Waals surface area contributed by atoms with Crippen LogP contribution in [0.1, 0.15) is 35.7 Å². The number of aldehydes is 1. The number of aromatic nitrogens is 2. The fraction of sp³-hybridized carbons (Fsp3) is 0.429. The maximum absolute atomic E-state index is 12.4. The van der Waals surface area contributed by atoms with Crippen molar-refractivity contribution in [3.8, 4) is 0 Å². The van der Waals surface area contributed by atoms with E-state index >= 15 is 0 Å². The number of nitrogens with zero attached hydrogens (tertiary/aromatic N) is 1. The van der Waals surface area contributed by atoms with E-state index in [4.69, 9.17) is 5.11 Å². The molecule has 2 N–H and O–H groups in total. The Labute approximate surface area is 110 Å². The highest BCUT2D eigenvalue weighted by Gasteiger charge is 2.40. The van der Waals surface area contributed by atoms with Gasteiger partial charge in [0.2, 0.25) is 0 Å². The van der Waals surface area contributed by atoms with E-state index in [1.165, 1.54) is 0 Å². The molecule has 5 nitrogen and oxygen atoms in total. The molecular weight excluding hydrogens is 244 g/mol. The third-order valence-corrected chi connectivity index (χ3v) is 3.75. The van der Waals surface area contributed by atoms with Gasteiger partial charge in [-0.3, -0.25) is 9.59 Å². The zero-order valence-corrected chi connectivity index (χ0v) is 11.4. The van der Waals surface area contributed by atoms with E-state index in [2.05, 4.69) is 11.9 Å². The van der Waals surface area contributed by atoms with Gasteiger partial charge >= 0.3 is 0 Å². The number of rotatable bonds is 2. The first-order chi connectivity index (χ1) is 9.07. The van der Waals surface area contributed by atoms with Crippen molar-refractivity contribution in [3.63, 3.8) is 0 Å². The lowest BCUT2D eigenvalue weighted by Crippen LogP contribution is -2.28. The van der Waals surface area contributed by atoms with Crippen molar-refractivity contribution < 1.29 is 9.90 Å². The molecule has 1 fully saturated rings. The van der Waals surface area contributed by atoms with Gasteiger partial charge in [-0.15, -0.1) is 0 Å². The van der Waals surface area contributed by atoms with Crippen LogP contribution in [0, 0.1) is 6.92 Å². The van der Waals surface area contributed by atoms with Gasteiger partial charge in [0.1, 0.15) is 0 Å². The summed E-state index contributed by atoms with van der Waals surface area (Å²) in [6.07, 6.45) is 6.26. The van der Waals surface area contributed by atoms with E-state index in [-0.39, 0.29) is 11.1 Å². The fourth-order valence-corrected chi connectivity index (χ4v) is 2.32. The molecule has 0 aromatic carbocycles. The Morgan fingerprint density at radius 2 is 2.05 bits per heavy atom. The first kappa shape index (κ1) is 13.5. The van der Waals surface area contributed by atoms with Crippen LogP contribution < -0.4 is 5.56 Å². The number of H-pyrrole nitrogens is 1. The second kappa shape index (κ2) is 4.66. The van der Waals surface area contributed by atoms with Crippen LogP contribution in [0.2, 0.25) is 0 Å². The molecule has 0 amide bonds. The molecule has 0 radical (unpaired) electrons. The molecule has 1 saturated carbocycles. The number of hydrogen-bond acceptors (Lipinski definition) is 3. The zero-order valence-electron chi connectivity index (χ0n) is 11.4. The predicted octanol–water partition coefficient (Wildman–Crippen LogP) is 1.57. The number of nitrogens with one attached hydrogen (secondary N) is 1.